The van der Waals surface area contributed by atoms with Gasteiger partial charge < -0.3 is 0 Å². The van der Waals surface area contributed by atoms with E-state index in [-0.39, 0.29) is 0 Å². The van der Waals surface area contributed by atoms with Gasteiger partial charge in [0.15, 0.2) is 0 Å². The van der Waals surface area contributed by atoms with Crippen LogP contribution in [0.4, 0.5) is 0 Å². The van der Waals surface area contributed by atoms with Crippen molar-refractivity contribution in [2.45, 2.75) is 12.8 Å². The van der Waals surface area contributed by atoms with Gasteiger partial charge in [-0.1, -0.05) is 52.3 Å². The van der Waals surface area contributed by atoms with Gasteiger partial charge in [-0.05, 0) is 35.8 Å². The Kier molecular flexibility index (Phi) is 4.61. The maximum absolute atomic E-state index is 3.62. The van der Waals surface area contributed by atoms with E-state index in [9.17, 15) is 0 Å². The largest absolute Gasteiger partial charge is 0.149 e. The molecule has 1 aromatic heterocycles. The van der Waals surface area contributed by atoms with Crippen molar-refractivity contribution >= 4 is 27.3 Å². The maximum Gasteiger partial charge on any atom is 0.00663 e. The topological polar surface area (TPSA) is 0 Å². The Morgan fingerprint density at radius 1 is 1.00 bits per heavy atom. The molecule has 0 radical (unpaired) electrons. The molecule has 0 amide bonds. The molecular weight excluding hydrogens is 280 g/mol. The number of alkyl halides is 1. The highest BCUT2D eigenvalue weighted by Gasteiger charge is 2.09. The maximum atomic E-state index is 3.62. The molecule has 0 spiro atoms. The van der Waals surface area contributed by atoms with E-state index in [4.69, 9.17) is 0 Å². The van der Waals surface area contributed by atoms with Crippen LogP contribution < -0.4 is 0 Å². The van der Waals surface area contributed by atoms with Crippen LogP contribution in [-0.4, -0.2) is 5.33 Å². The highest BCUT2D eigenvalue weighted by atomic mass is 79.9. The van der Waals surface area contributed by atoms with E-state index in [0.717, 1.165) is 11.8 Å². The van der Waals surface area contributed by atoms with Crippen LogP contribution in [-0.2, 0) is 12.8 Å². The van der Waals surface area contributed by atoms with Gasteiger partial charge in [-0.2, -0.15) is 0 Å². The van der Waals surface area contributed by atoms with Gasteiger partial charge in [0.2, 0.25) is 0 Å². The Hall–Kier alpha value is -0.600. The summed E-state index contributed by atoms with van der Waals surface area (Å²) < 4.78 is 0. The van der Waals surface area contributed by atoms with E-state index in [2.05, 4.69) is 63.8 Å². The first-order valence-electron chi connectivity index (χ1n) is 5.50. The lowest BCUT2D eigenvalue weighted by Gasteiger charge is -2.12. The van der Waals surface area contributed by atoms with Gasteiger partial charge in [0.25, 0.3) is 0 Å². The summed E-state index contributed by atoms with van der Waals surface area (Å²) in [6, 6.07) is 15.1. The van der Waals surface area contributed by atoms with Crippen molar-refractivity contribution < 1.29 is 0 Å². The monoisotopic (exact) mass is 294 g/mol. The molecule has 0 aliphatic carbocycles. The molecule has 0 N–H and O–H groups in total. The number of halogens is 1. The summed E-state index contributed by atoms with van der Waals surface area (Å²) in [4.78, 5) is 1.49. The smallest absolute Gasteiger partial charge is 0.00663 e. The van der Waals surface area contributed by atoms with Crippen molar-refractivity contribution in [3.05, 3.63) is 58.3 Å². The predicted octanol–water partition coefficient (Wildman–Crippen LogP) is 4.54. The van der Waals surface area contributed by atoms with Crippen LogP contribution in [0.2, 0.25) is 0 Å². The van der Waals surface area contributed by atoms with Crippen LogP contribution in [0.25, 0.3) is 0 Å². The molecule has 0 aliphatic rings. The van der Waals surface area contributed by atoms with E-state index in [0.29, 0.717) is 5.92 Å². The first kappa shape index (κ1) is 11.9. The molecule has 1 atom stereocenters. The summed E-state index contributed by atoms with van der Waals surface area (Å²) in [5, 5.41) is 3.23. The third kappa shape index (κ3) is 3.46. The van der Waals surface area contributed by atoms with Crippen molar-refractivity contribution in [3.8, 4) is 0 Å². The van der Waals surface area contributed by atoms with Gasteiger partial charge in [-0.15, -0.1) is 11.3 Å². The molecular formula is C14H15BrS. The van der Waals surface area contributed by atoms with Crippen molar-refractivity contribution in [2.24, 2.45) is 5.92 Å². The number of thiophene rings is 1. The summed E-state index contributed by atoms with van der Waals surface area (Å²) >= 11 is 5.48. The second-order valence-electron chi connectivity index (χ2n) is 3.99. The predicted molar refractivity (Wildman–Crippen MR) is 75.5 cm³/mol. The average molecular weight is 295 g/mol. The van der Waals surface area contributed by atoms with Gasteiger partial charge in [0.1, 0.15) is 0 Å². The van der Waals surface area contributed by atoms with Crippen molar-refractivity contribution in [2.75, 3.05) is 5.33 Å². The fourth-order valence-corrected chi connectivity index (χ4v) is 3.12. The number of hydrogen-bond acceptors (Lipinski definition) is 1. The molecule has 1 heterocycles. The normalized spacial score (nSPS) is 12.6. The summed E-state index contributed by atoms with van der Waals surface area (Å²) in [6.45, 7) is 0. The highest BCUT2D eigenvalue weighted by Crippen LogP contribution is 2.19. The van der Waals surface area contributed by atoms with Crippen molar-refractivity contribution in [1.82, 2.24) is 0 Å². The van der Waals surface area contributed by atoms with E-state index < -0.39 is 0 Å². The van der Waals surface area contributed by atoms with E-state index in [1.54, 1.807) is 0 Å². The van der Waals surface area contributed by atoms with Gasteiger partial charge in [-0.25, -0.2) is 0 Å². The van der Waals surface area contributed by atoms with E-state index in [1.807, 2.05) is 11.3 Å². The molecule has 16 heavy (non-hydrogen) atoms. The van der Waals surface area contributed by atoms with Crippen LogP contribution in [0.1, 0.15) is 10.4 Å². The molecule has 0 fully saturated rings. The Bertz CT molecular complexity index is 394. The van der Waals surface area contributed by atoms with Crippen molar-refractivity contribution in [3.63, 3.8) is 0 Å². The average Bonchev–Trinajstić information content (AvgIpc) is 2.82. The second-order valence-corrected chi connectivity index (χ2v) is 5.67. The standard InChI is InChI=1S/C14H15BrS/c15-11-13(10-14-7-4-8-16-14)9-12-5-2-1-3-6-12/h1-8,13H,9-11H2. The Morgan fingerprint density at radius 3 is 2.44 bits per heavy atom. The minimum atomic E-state index is 0.695. The lowest BCUT2D eigenvalue weighted by Crippen LogP contribution is -2.08. The lowest BCUT2D eigenvalue weighted by molar-refractivity contribution is 0.596. The minimum absolute atomic E-state index is 0.695. The minimum Gasteiger partial charge on any atom is -0.149 e. The quantitative estimate of drug-likeness (QED) is 0.710. The highest BCUT2D eigenvalue weighted by molar-refractivity contribution is 9.09. The van der Waals surface area contributed by atoms with Crippen LogP contribution in [0, 0.1) is 5.92 Å². The fourth-order valence-electron chi connectivity index (χ4n) is 1.84. The third-order valence-corrected chi connectivity index (χ3v) is 4.47. The molecule has 2 aromatic rings. The molecule has 0 aliphatic heterocycles. The second kappa shape index (κ2) is 6.21. The van der Waals surface area contributed by atoms with Crippen molar-refractivity contribution in [1.29, 1.82) is 0 Å². The zero-order valence-corrected chi connectivity index (χ0v) is 11.5. The Balaban J connectivity index is 1.96. The van der Waals surface area contributed by atoms with Crippen LogP contribution in [0.5, 0.6) is 0 Å². The van der Waals surface area contributed by atoms with E-state index >= 15 is 0 Å². The molecule has 2 heteroatoms. The molecule has 0 bridgehead atoms. The van der Waals surface area contributed by atoms with Crippen LogP contribution in [0.3, 0.4) is 0 Å². The number of benzene rings is 1. The summed E-state index contributed by atoms with van der Waals surface area (Å²) in [5.74, 6) is 0.695. The third-order valence-electron chi connectivity index (χ3n) is 2.66. The van der Waals surface area contributed by atoms with Gasteiger partial charge in [0.05, 0.1) is 0 Å². The lowest BCUT2D eigenvalue weighted by atomic mass is 9.97. The van der Waals surface area contributed by atoms with Gasteiger partial charge in [0, 0.05) is 10.2 Å². The molecule has 0 saturated heterocycles. The molecule has 0 saturated carbocycles. The van der Waals surface area contributed by atoms with Crippen LogP contribution >= 0.6 is 27.3 Å². The van der Waals surface area contributed by atoms with Crippen LogP contribution in [0.15, 0.2) is 47.8 Å². The molecule has 2 rings (SSSR count). The zero-order valence-electron chi connectivity index (χ0n) is 9.10. The summed E-state index contributed by atoms with van der Waals surface area (Å²) in [7, 11) is 0. The Labute approximate surface area is 109 Å². The number of hydrogen-bond donors (Lipinski definition) is 0. The first-order valence-corrected chi connectivity index (χ1v) is 7.51. The van der Waals surface area contributed by atoms with Gasteiger partial charge >= 0.3 is 0 Å². The molecule has 1 aromatic carbocycles. The molecule has 1 unspecified atom stereocenters. The van der Waals surface area contributed by atoms with Gasteiger partial charge in [-0.3, -0.25) is 0 Å². The zero-order chi connectivity index (χ0) is 11.2. The summed E-state index contributed by atoms with van der Waals surface area (Å²) in [6.07, 6.45) is 2.34. The fraction of sp³-hybridized carbons (Fsp3) is 0.286. The molecule has 84 valence electrons. The molecule has 0 nitrogen and oxygen atoms in total. The number of rotatable bonds is 5. The summed E-state index contributed by atoms with van der Waals surface area (Å²) in [5.41, 5.74) is 1.43. The SMILES string of the molecule is BrCC(Cc1ccccc1)Cc1cccs1. The van der Waals surface area contributed by atoms with E-state index in [1.165, 1.54) is 16.9 Å². The Morgan fingerprint density at radius 2 is 1.81 bits per heavy atom. The first-order chi connectivity index (χ1) is 7.88.